The molecule has 3 saturated carbocycles. The Morgan fingerprint density at radius 2 is 1.80 bits per heavy atom. The van der Waals surface area contributed by atoms with Gasteiger partial charge < -0.3 is 5.11 Å². The summed E-state index contributed by atoms with van der Waals surface area (Å²) < 4.78 is 0. The first-order chi connectivity index (χ1) is 14.1. The largest absolute Gasteiger partial charge is 0.363 e. The molecule has 0 bridgehead atoms. The highest BCUT2D eigenvalue weighted by Gasteiger charge is 2.60. The molecule has 0 amide bonds. The van der Waals surface area contributed by atoms with Crippen molar-refractivity contribution in [2.45, 2.75) is 111 Å². The van der Waals surface area contributed by atoms with Crippen molar-refractivity contribution in [3.8, 4) is 0 Å². The first-order valence-corrected chi connectivity index (χ1v) is 12.9. The second-order valence-corrected chi connectivity index (χ2v) is 12.5. The summed E-state index contributed by atoms with van der Waals surface area (Å²) in [5.74, 6) is 3.59. The van der Waals surface area contributed by atoms with E-state index in [9.17, 15) is 10.4 Å². The van der Waals surface area contributed by atoms with Gasteiger partial charge in [0, 0.05) is 12.8 Å². The van der Waals surface area contributed by atoms with Gasteiger partial charge in [-0.15, -0.1) is 0 Å². The molecule has 0 aromatic rings. The number of hydrogen-bond donors (Lipinski definition) is 2. The lowest BCUT2D eigenvalue weighted by atomic mass is 9.46. The van der Waals surface area contributed by atoms with E-state index in [1.807, 2.05) is 0 Å². The van der Waals surface area contributed by atoms with Crippen LogP contribution in [-0.4, -0.2) is 16.2 Å². The Balaban J connectivity index is 1.50. The minimum absolute atomic E-state index is 0.177. The van der Waals surface area contributed by atoms with Crippen LogP contribution in [-0.2, 0) is 4.89 Å². The summed E-state index contributed by atoms with van der Waals surface area (Å²) in [4.78, 5) is 4.50. The van der Waals surface area contributed by atoms with E-state index >= 15 is 0 Å². The van der Waals surface area contributed by atoms with Gasteiger partial charge in [0.25, 0.3) is 0 Å². The number of allylic oxidation sites excluding steroid dienone is 1. The first kappa shape index (κ1) is 22.8. The van der Waals surface area contributed by atoms with E-state index in [2.05, 4.69) is 45.6 Å². The summed E-state index contributed by atoms with van der Waals surface area (Å²) in [6.07, 6.45) is 15.2. The smallest absolute Gasteiger partial charge is 0.202 e. The van der Waals surface area contributed by atoms with Gasteiger partial charge in [-0.3, -0.25) is 0 Å². The molecular formula is C27H46O3. The van der Waals surface area contributed by atoms with Gasteiger partial charge >= 0.3 is 0 Å². The summed E-state index contributed by atoms with van der Waals surface area (Å²) in [7, 11) is 0. The Labute approximate surface area is 184 Å². The molecule has 4 rings (SSSR count). The molecule has 3 nitrogen and oxygen atoms in total. The summed E-state index contributed by atoms with van der Waals surface area (Å²) >= 11 is 0. The summed E-state index contributed by atoms with van der Waals surface area (Å²) in [5.41, 5.74) is 2.03. The van der Waals surface area contributed by atoms with Crippen LogP contribution in [0.4, 0.5) is 0 Å². The van der Waals surface area contributed by atoms with E-state index in [-0.39, 0.29) is 5.41 Å². The molecule has 0 aromatic heterocycles. The Morgan fingerprint density at radius 1 is 1.03 bits per heavy atom. The minimum atomic E-state index is -1.37. The molecule has 0 saturated heterocycles. The maximum Gasteiger partial charge on any atom is 0.202 e. The molecule has 0 radical (unpaired) electrons. The van der Waals surface area contributed by atoms with Crippen LogP contribution in [0.3, 0.4) is 0 Å². The molecule has 0 unspecified atom stereocenters. The van der Waals surface area contributed by atoms with Gasteiger partial charge in [-0.25, -0.2) is 10.1 Å². The van der Waals surface area contributed by atoms with Gasteiger partial charge in [-0.05, 0) is 84.9 Å². The fourth-order valence-electron chi connectivity index (χ4n) is 8.72. The van der Waals surface area contributed by atoms with Crippen LogP contribution < -0.4 is 0 Å². The van der Waals surface area contributed by atoms with E-state index in [1.165, 1.54) is 50.5 Å². The van der Waals surface area contributed by atoms with Crippen LogP contribution in [0.25, 0.3) is 0 Å². The normalized spacial score (nSPS) is 46.7. The van der Waals surface area contributed by atoms with E-state index in [1.54, 1.807) is 0 Å². The standard InChI is InChI=1S/C27H46O3/c1-18(2)7-6-8-19(3)22-11-12-23-21-10-9-20-17-27(28,30-29)16-15-25(20,4)24(21)13-14-26(22,23)5/h9,18-19,21-24,28-29H,6-8,10-17H2,1-5H3/t19-,21+,22-,23+,24+,25+,26-,27-/m1/s1. The average molecular weight is 419 g/mol. The SMILES string of the molecule is CC(C)CCC[C@@H](C)[C@H]1CC[C@H]2[C@@H]3CC=C4C[C@](O)(OO)CC[C@]4(C)[C@H]3CC[C@]12C. The third-order valence-corrected chi connectivity index (χ3v) is 10.5. The molecule has 0 heterocycles. The Morgan fingerprint density at radius 3 is 2.50 bits per heavy atom. The van der Waals surface area contributed by atoms with Crippen molar-refractivity contribution in [3.05, 3.63) is 11.6 Å². The predicted molar refractivity (Wildman–Crippen MR) is 122 cm³/mol. The third-order valence-electron chi connectivity index (χ3n) is 10.5. The molecule has 3 heteroatoms. The number of fused-ring (bicyclic) bond motifs is 5. The first-order valence-electron chi connectivity index (χ1n) is 12.9. The lowest BCUT2D eigenvalue weighted by Gasteiger charge is -2.59. The van der Waals surface area contributed by atoms with Gasteiger partial charge in [0.2, 0.25) is 5.79 Å². The van der Waals surface area contributed by atoms with Crippen molar-refractivity contribution in [1.29, 1.82) is 0 Å². The van der Waals surface area contributed by atoms with Crippen LogP contribution in [0.5, 0.6) is 0 Å². The van der Waals surface area contributed by atoms with E-state index in [4.69, 9.17) is 0 Å². The van der Waals surface area contributed by atoms with Gasteiger partial charge in [0.15, 0.2) is 0 Å². The lowest BCUT2D eigenvalue weighted by Crippen LogP contribution is -2.52. The molecule has 30 heavy (non-hydrogen) atoms. The summed E-state index contributed by atoms with van der Waals surface area (Å²) in [5, 5.41) is 19.7. The fourth-order valence-corrected chi connectivity index (χ4v) is 8.72. The highest BCUT2D eigenvalue weighted by atomic mass is 17.1. The molecular weight excluding hydrogens is 372 g/mol. The number of hydrogen-bond acceptors (Lipinski definition) is 3. The topological polar surface area (TPSA) is 49.7 Å². The number of rotatable bonds is 6. The molecule has 4 aliphatic carbocycles. The molecule has 0 spiro atoms. The summed E-state index contributed by atoms with van der Waals surface area (Å²) in [6.45, 7) is 12.3. The Bertz CT molecular complexity index is 656. The highest BCUT2D eigenvalue weighted by Crippen LogP contribution is 2.67. The molecule has 0 aromatic carbocycles. The number of aliphatic hydroxyl groups is 1. The predicted octanol–water partition coefficient (Wildman–Crippen LogP) is 7.21. The molecule has 0 aliphatic heterocycles. The second kappa shape index (κ2) is 8.19. The van der Waals surface area contributed by atoms with Crippen LogP contribution in [0.1, 0.15) is 105 Å². The average Bonchev–Trinajstić information content (AvgIpc) is 3.05. The molecule has 2 N–H and O–H groups in total. The Hall–Kier alpha value is -0.380. The fraction of sp³-hybridized carbons (Fsp3) is 0.926. The molecule has 8 atom stereocenters. The van der Waals surface area contributed by atoms with Crippen molar-refractivity contribution < 1.29 is 15.3 Å². The monoisotopic (exact) mass is 418 g/mol. The Kier molecular flexibility index (Phi) is 6.23. The zero-order valence-electron chi connectivity index (χ0n) is 20.1. The zero-order chi connectivity index (χ0) is 21.7. The lowest BCUT2D eigenvalue weighted by molar-refractivity contribution is -0.399. The molecule has 172 valence electrons. The van der Waals surface area contributed by atoms with Crippen LogP contribution >= 0.6 is 0 Å². The van der Waals surface area contributed by atoms with Gasteiger partial charge in [0.05, 0.1) is 0 Å². The maximum atomic E-state index is 10.5. The van der Waals surface area contributed by atoms with Crippen molar-refractivity contribution in [1.82, 2.24) is 0 Å². The van der Waals surface area contributed by atoms with E-state index in [0.29, 0.717) is 18.3 Å². The van der Waals surface area contributed by atoms with Crippen molar-refractivity contribution in [3.63, 3.8) is 0 Å². The van der Waals surface area contributed by atoms with Gasteiger partial charge in [0.1, 0.15) is 0 Å². The summed E-state index contributed by atoms with van der Waals surface area (Å²) in [6, 6.07) is 0. The quantitative estimate of drug-likeness (QED) is 0.207. The van der Waals surface area contributed by atoms with Crippen molar-refractivity contribution in [2.24, 2.45) is 46.3 Å². The molecule has 4 aliphatic rings. The maximum absolute atomic E-state index is 10.5. The van der Waals surface area contributed by atoms with Crippen molar-refractivity contribution in [2.75, 3.05) is 0 Å². The highest BCUT2D eigenvalue weighted by molar-refractivity contribution is 5.26. The van der Waals surface area contributed by atoms with E-state index < -0.39 is 5.79 Å². The van der Waals surface area contributed by atoms with Crippen LogP contribution in [0.2, 0.25) is 0 Å². The van der Waals surface area contributed by atoms with Gasteiger partial charge in [-0.2, -0.15) is 0 Å². The third kappa shape index (κ3) is 3.71. The van der Waals surface area contributed by atoms with Crippen molar-refractivity contribution >= 4 is 0 Å². The van der Waals surface area contributed by atoms with E-state index in [0.717, 1.165) is 48.3 Å². The second-order valence-electron chi connectivity index (χ2n) is 12.5. The van der Waals surface area contributed by atoms with Crippen LogP contribution in [0, 0.1) is 46.3 Å². The van der Waals surface area contributed by atoms with Crippen LogP contribution in [0.15, 0.2) is 11.6 Å². The molecule has 3 fully saturated rings. The zero-order valence-corrected chi connectivity index (χ0v) is 20.1. The van der Waals surface area contributed by atoms with Gasteiger partial charge in [-0.1, -0.05) is 65.5 Å². The minimum Gasteiger partial charge on any atom is -0.363 e.